The van der Waals surface area contributed by atoms with Crippen LogP contribution in [0.25, 0.3) is 0 Å². The molecule has 0 aliphatic heterocycles. The van der Waals surface area contributed by atoms with Crippen LogP contribution < -0.4 is 15.8 Å². The van der Waals surface area contributed by atoms with Crippen LogP contribution in [-0.4, -0.2) is 47.2 Å². The fourth-order valence-corrected chi connectivity index (χ4v) is 4.57. The van der Waals surface area contributed by atoms with Crippen molar-refractivity contribution in [1.82, 2.24) is 10.0 Å². The van der Waals surface area contributed by atoms with Gasteiger partial charge >= 0.3 is 0 Å². The third-order valence-electron chi connectivity index (χ3n) is 5.15. The standard InChI is InChI=1S/C19H31N3O4S/c1-14-8-9-16(27(24,25)21-10-11-26-2)12-17(14)19(23)22-18(13-20)15-6-4-3-5-7-15/h8-9,12,15,18,21H,3-7,10-11,13,20H2,1-2H3,(H,22,23). The minimum Gasteiger partial charge on any atom is -0.383 e. The smallest absolute Gasteiger partial charge is 0.251 e. The summed E-state index contributed by atoms with van der Waals surface area (Å²) < 4.78 is 32.1. The highest BCUT2D eigenvalue weighted by molar-refractivity contribution is 7.89. The van der Waals surface area contributed by atoms with Gasteiger partial charge < -0.3 is 15.8 Å². The Morgan fingerprint density at radius 1 is 1.30 bits per heavy atom. The topological polar surface area (TPSA) is 111 Å². The maximum absolute atomic E-state index is 12.8. The predicted octanol–water partition coefficient (Wildman–Crippen LogP) is 1.56. The number of sulfonamides is 1. The number of benzene rings is 1. The van der Waals surface area contributed by atoms with Gasteiger partial charge in [-0.3, -0.25) is 4.79 Å². The van der Waals surface area contributed by atoms with Crippen LogP contribution in [0.5, 0.6) is 0 Å². The highest BCUT2D eigenvalue weighted by Crippen LogP contribution is 2.26. The summed E-state index contributed by atoms with van der Waals surface area (Å²) in [5.74, 6) is 0.109. The van der Waals surface area contributed by atoms with E-state index >= 15 is 0 Å². The van der Waals surface area contributed by atoms with Crippen LogP contribution in [0.3, 0.4) is 0 Å². The van der Waals surface area contributed by atoms with Gasteiger partial charge in [-0.05, 0) is 43.4 Å². The molecule has 4 N–H and O–H groups in total. The Bertz CT molecular complexity index is 730. The Morgan fingerprint density at radius 3 is 2.63 bits per heavy atom. The number of aryl methyl sites for hydroxylation is 1. The van der Waals surface area contributed by atoms with Crippen molar-refractivity contribution in [2.75, 3.05) is 26.8 Å². The molecule has 1 unspecified atom stereocenters. The minimum atomic E-state index is -3.69. The van der Waals surface area contributed by atoms with Gasteiger partial charge in [0.05, 0.1) is 11.5 Å². The highest BCUT2D eigenvalue weighted by atomic mass is 32.2. The Labute approximate surface area is 162 Å². The number of hydrogen-bond donors (Lipinski definition) is 3. The fourth-order valence-electron chi connectivity index (χ4n) is 3.53. The number of methoxy groups -OCH3 is 1. The average Bonchev–Trinajstić information content (AvgIpc) is 2.67. The second kappa shape index (κ2) is 10.2. The van der Waals surface area contributed by atoms with E-state index in [1.54, 1.807) is 13.0 Å². The molecule has 1 amide bonds. The van der Waals surface area contributed by atoms with Gasteiger partial charge in [0.1, 0.15) is 0 Å². The van der Waals surface area contributed by atoms with Crippen molar-refractivity contribution in [1.29, 1.82) is 0 Å². The molecule has 1 saturated carbocycles. The van der Waals surface area contributed by atoms with E-state index in [2.05, 4.69) is 10.0 Å². The van der Waals surface area contributed by atoms with Crippen molar-refractivity contribution in [3.63, 3.8) is 0 Å². The quantitative estimate of drug-likeness (QED) is 0.548. The maximum Gasteiger partial charge on any atom is 0.251 e. The molecule has 27 heavy (non-hydrogen) atoms. The lowest BCUT2D eigenvalue weighted by atomic mass is 9.83. The molecule has 0 heterocycles. The molecule has 1 fully saturated rings. The number of carbonyl (C=O) groups excluding carboxylic acids is 1. The fraction of sp³-hybridized carbons (Fsp3) is 0.632. The van der Waals surface area contributed by atoms with Gasteiger partial charge in [0.25, 0.3) is 5.91 Å². The Morgan fingerprint density at radius 2 is 2.00 bits per heavy atom. The molecule has 1 atom stereocenters. The van der Waals surface area contributed by atoms with Crippen LogP contribution in [0.1, 0.15) is 48.0 Å². The van der Waals surface area contributed by atoms with Gasteiger partial charge in [-0.15, -0.1) is 0 Å². The van der Waals surface area contributed by atoms with E-state index in [4.69, 9.17) is 10.5 Å². The summed E-state index contributed by atoms with van der Waals surface area (Å²) in [4.78, 5) is 12.9. The van der Waals surface area contributed by atoms with Crippen LogP contribution in [0.2, 0.25) is 0 Å². The normalized spacial score (nSPS) is 16.9. The van der Waals surface area contributed by atoms with E-state index < -0.39 is 10.0 Å². The molecule has 1 aliphatic rings. The van der Waals surface area contributed by atoms with Gasteiger partial charge in [-0.1, -0.05) is 25.3 Å². The molecule has 1 aromatic carbocycles. The summed E-state index contributed by atoms with van der Waals surface area (Å²) in [7, 11) is -2.19. The number of nitrogens with one attached hydrogen (secondary N) is 2. The number of rotatable bonds is 9. The zero-order valence-electron chi connectivity index (χ0n) is 16.2. The molecular formula is C19H31N3O4S. The summed E-state index contributed by atoms with van der Waals surface area (Å²) in [5.41, 5.74) is 6.99. The SMILES string of the molecule is COCCNS(=O)(=O)c1ccc(C)c(C(=O)NC(CN)C2CCCCC2)c1. The van der Waals surface area contributed by atoms with Gasteiger partial charge in [-0.2, -0.15) is 0 Å². The van der Waals surface area contributed by atoms with E-state index in [0.29, 0.717) is 18.0 Å². The number of ether oxygens (including phenoxy) is 1. The number of carbonyl (C=O) groups is 1. The summed E-state index contributed by atoms with van der Waals surface area (Å²) >= 11 is 0. The van der Waals surface area contributed by atoms with Crippen molar-refractivity contribution < 1.29 is 17.9 Å². The Hall–Kier alpha value is -1.48. The average molecular weight is 398 g/mol. The molecule has 1 aromatic rings. The lowest BCUT2D eigenvalue weighted by molar-refractivity contribution is 0.0914. The molecule has 7 nitrogen and oxygen atoms in total. The van der Waals surface area contributed by atoms with E-state index in [1.165, 1.54) is 25.7 Å². The highest BCUT2D eigenvalue weighted by Gasteiger charge is 2.25. The largest absolute Gasteiger partial charge is 0.383 e. The van der Waals surface area contributed by atoms with Crippen LogP contribution in [0.4, 0.5) is 0 Å². The number of nitrogens with two attached hydrogens (primary N) is 1. The molecule has 152 valence electrons. The summed E-state index contributed by atoms with van der Waals surface area (Å²) in [5, 5.41) is 3.03. The van der Waals surface area contributed by atoms with Crippen LogP contribution in [-0.2, 0) is 14.8 Å². The van der Waals surface area contributed by atoms with Gasteiger partial charge in [0, 0.05) is 31.8 Å². The van der Waals surface area contributed by atoms with Gasteiger partial charge in [0.15, 0.2) is 0 Å². The molecule has 0 aromatic heterocycles. The van der Waals surface area contributed by atoms with Crippen molar-refractivity contribution in [2.45, 2.75) is 50.0 Å². The zero-order valence-corrected chi connectivity index (χ0v) is 17.0. The third kappa shape index (κ3) is 6.00. The maximum atomic E-state index is 12.8. The van der Waals surface area contributed by atoms with Gasteiger partial charge in [0.2, 0.25) is 10.0 Å². The first-order valence-corrected chi connectivity index (χ1v) is 11.0. The van der Waals surface area contributed by atoms with Gasteiger partial charge in [-0.25, -0.2) is 13.1 Å². The Balaban J connectivity index is 2.15. The summed E-state index contributed by atoms with van der Waals surface area (Å²) in [6.45, 7) is 2.62. The molecule has 1 aliphatic carbocycles. The molecular weight excluding hydrogens is 366 g/mol. The first kappa shape index (κ1) is 21.8. The minimum absolute atomic E-state index is 0.0660. The van der Waals surface area contributed by atoms with E-state index in [9.17, 15) is 13.2 Å². The van der Waals surface area contributed by atoms with Crippen LogP contribution in [0.15, 0.2) is 23.1 Å². The summed E-state index contributed by atoms with van der Waals surface area (Å²) in [6, 6.07) is 4.49. The molecule has 0 saturated heterocycles. The van der Waals surface area contributed by atoms with Crippen LogP contribution in [0, 0.1) is 12.8 Å². The van der Waals surface area contributed by atoms with Crippen molar-refractivity contribution in [3.05, 3.63) is 29.3 Å². The van der Waals surface area contributed by atoms with E-state index in [1.807, 2.05) is 0 Å². The molecule has 0 radical (unpaired) electrons. The monoisotopic (exact) mass is 397 g/mol. The molecule has 0 bridgehead atoms. The second-order valence-corrected chi connectivity index (χ2v) is 8.85. The van der Waals surface area contributed by atoms with Crippen molar-refractivity contribution in [3.8, 4) is 0 Å². The summed E-state index contributed by atoms with van der Waals surface area (Å²) in [6.07, 6.45) is 5.70. The molecule has 8 heteroatoms. The van der Waals surface area contributed by atoms with Crippen molar-refractivity contribution >= 4 is 15.9 Å². The third-order valence-corrected chi connectivity index (χ3v) is 6.61. The predicted molar refractivity (Wildman–Crippen MR) is 105 cm³/mol. The molecule has 2 rings (SSSR count). The number of amides is 1. The number of hydrogen-bond acceptors (Lipinski definition) is 5. The second-order valence-electron chi connectivity index (χ2n) is 7.08. The van der Waals surface area contributed by atoms with E-state index in [-0.39, 0.29) is 30.0 Å². The van der Waals surface area contributed by atoms with Crippen molar-refractivity contribution in [2.24, 2.45) is 11.7 Å². The molecule has 0 spiro atoms. The van der Waals surface area contributed by atoms with Crippen LogP contribution >= 0.6 is 0 Å². The first-order valence-electron chi connectivity index (χ1n) is 9.49. The Kier molecular flexibility index (Phi) is 8.22. The lowest BCUT2D eigenvalue weighted by Crippen LogP contribution is -2.46. The first-order chi connectivity index (χ1) is 12.9. The lowest BCUT2D eigenvalue weighted by Gasteiger charge is -2.30. The van der Waals surface area contributed by atoms with E-state index in [0.717, 1.165) is 31.2 Å². The zero-order chi connectivity index (χ0) is 19.9.